The van der Waals surface area contributed by atoms with E-state index in [4.69, 9.17) is 14.2 Å². The van der Waals surface area contributed by atoms with Gasteiger partial charge in [0, 0.05) is 17.8 Å². The first kappa shape index (κ1) is 29.7. The molecule has 0 aliphatic carbocycles. The maximum absolute atomic E-state index is 13.3. The Bertz CT molecular complexity index is 1220. The molecule has 3 aromatic rings. The van der Waals surface area contributed by atoms with Crippen molar-refractivity contribution in [2.75, 3.05) is 30.6 Å². The van der Waals surface area contributed by atoms with Gasteiger partial charge in [0.25, 0.3) is 5.91 Å². The zero-order chi connectivity index (χ0) is 27.7. The van der Waals surface area contributed by atoms with Crippen molar-refractivity contribution in [1.82, 2.24) is 15.0 Å². The van der Waals surface area contributed by atoms with Crippen LogP contribution in [-0.4, -0.2) is 46.2 Å². The van der Waals surface area contributed by atoms with Crippen LogP contribution in [0.3, 0.4) is 0 Å². The number of benzene rings is 2. The van der Waals surface area contributed by atoms with Gasteiger partial charge in [-0.1, -0.05) is 67.8 Å². The molecule has 0 fully saturated rings. The fourth-order valence-electron chi connectivity index (χ4n) is 4.02. The van der Waals surface area contributed by atoms with Crippen molar-refractivity contribution in [2.24, 2.45) is 0 Å². The molecule has 9 heteroatoms. The number of methoxy groups -OCH3 is 2. The molecule has 206 valence electrons. The average molecular weight is 635 g/mol. The summed E-state index contributed by atoms with van der Waals surface area (Å²) in [4.78, 5) is 13.3. The van der Waals surface area contributed by atoms with E-state index in [1.54, 1.807) is 44.0 Å². The van der Waals surface area contributed by atoms with E-state index >= 15 is 0 Å². The fourth-order valence-corrected chi connectivity index (χ4v) is 4.56. The predicted octanol–water partition coefficient (Wildman–Crippen LogP) is 6.91. The number of rotatable bonds is 13. The zero-order valence-electron chi connectivity index (χ0n) is 23.3. The van der Waals surface area contributed by atoms with E-state index in [0.29, 0.717) is 35.2 Å². The van der Waals surface area contributed by atoms with E-state index < -0.39 is 0 Å². The Morgan fingerprint density at radius 3 is 2.39 bits per heavy atom. The number of nitrogens with one attached hydrogen (secondary N) is 1. The van der Waals surface area contributed by atoms with Crippen molar-refractivity contribution in [3.63, 3.8) is 0 Å². The normalized spacial score (nSPS) is 11.3. The number of ether oxygens (including phenoxy) is 3. The van der Waals surface area contributed by atoms with Crippen LogP contribution >= 0.6 is 22.6 Å². The second-order valence-corrected chi connectivity index (χ2v) is 11.3. The van der Waals surface area contributed by atoms with Gasteiger partial charge >= 0.3 is 0 Å². The van der Waals surface area contributed by atoms with E-state index in [-0.39, 0.29) is 17.0 Å². The lowest BCUT2D eigenvalue weighted by Gasteiger charge is -2.21. The summed E-state index contributed by atoms with van der Waals surface area (Å²) >= 11 is 2.43. The summed E-state index contributed by atoms with van der Waals surface area (Å²) in [7, 11) is 3.18. The molecule has 0 atom stereocenters. The third-order valence-electron chi connectivity index (χ3n) is 6.30. The van der Waals surface area contributed by atoms with Crippen LogP contribution in [0.4, 0.5) is 5.69 Å². The van der Waals surface area contributed by atoms with Gasteiger partial charge < -0.3 is 19.5 Å². The van der Waals surface area contributed by atoms with Gasteiger partial charge in [0.2, 0.25) is 0 Å². The first-order valence-corrected chi connectivity index (χ1v) is 14.5. The summed E-state index contributed by atoms with van der Waals surface area (Å²) in [5.74, 6) is 1.65. The van der Waals surface area contributed by atoms with E-state index in [0.717, 1.165) is 24.2 Å². The first-order valence-electron chi connectivity index (χ1n) is 13.0. The number of nitrogens with zero attached hydrogens (tertiary/aromatic N) is 3. The Kier molecular flexibility index (Phi) is 10.8. The average Bonchev–Trinajstić information content (AvgIpc) is 3.28. The standard InChI is InChI=1S/C29H39IN4O4/c1-20-27(32-33-34(20)25-19-23(36-5)12-13-26(25)37-6)28(35)31-22-16-21(29(2,3)4)17-24(18-22)38-15-11-9-7-8-10-14-30/h12-13,16-19H,7-11,14-15H2,1-6H3,(H,31,35). The number of aromatic nitrogens is 3. The third-order valence-corrected chi connectivity index (χ3v) is 7.06. The second kappa shape index (κ2) is 13.8. The number of unbranched alkanes of at least 4 members (excludes halogenated alkanes) is 4. The number of carbonyl (C=O) groups is 1. The molecule has 0 saturated heterocycles. The van der Waals surface area contributed by atoms with Gasteiger partial charge in [-0.05, 0) is 59.4 Å². The number of amides is 1. The van der Waals surface area contributed by atoms with E-state index in [1.165, 1.54) is 23.7 Å². The number of hydrogen-bond donors (Lipinski definition) is 1. The van der Waals surface area contributed by atoms with Crippen molar-refractivity contribution in [3.8, 4) is 22.9 Å². The smallest absolute Gasteiger partial charge is 0.278 e. The molecule has 0 unspecified atom stereocenters. The molecule has 1 N–H and O–H groups in total. The minimum absolute atomic E-state index is 0.111. The van der Waals surface area contributed by atoms with Crippen molar-refractivity contribution >= 4 is 34.2 Å². The van der Waals surface area contributed by atoms with Crippen molar-refractivity contribution < 1.29 is 19.0 Å². The summed E-state index contributed by atoms with van der Waals surface area (Å²) < 4.78 is 19.7. The number of carbonyl (C=O) groups excluding carboxylic acids is 1. The minimum Gasteiger partial charge on any atom is -0.497 e. The minimum atomic E-state index is -0.345. The molecule has 1 aromatic heterocycles. The van der Waals surface area contributed by atoms with Crippen LogP contribution in [0.5, 0.6) is 17.2 Å². The Morgan fingerprint density at radius 2 is 1.71 bits per heavy atom. The fraction of sp³-hybridized carbons (Fsp3) is 0.483. The van der Waals surface area contributed by atoms with Crippen molar-refractivity contribution in [1.29, 1.82) is 0 Å². The van der Waals surface area contributed by atoms with Crippen LogP contribution in [0, 0.1) is 6.92 Å². The SMILES string of the molecule is COc1ccc(OC)c(-n2nnc(C(=O)Nc3cc(OCCCCCCCI)cc(C(C)(C)C)c3)c2C)c1. The number of halogens is 1. The van der Waals surface area contributed by atoms with Crippen molar-refractivity contribution in [3.05, 3.63) is 53.3 Å². The van der Waals surface area contributed by atoms with Crippen LogP contribution in [0.2, 0.25) is 0 Å². The molecule has 0 bridgehead atoms. The molecule has 2 aromatic carbocycles. The molecule has 8 nitrogen and oxygen atoms in total. The molecule has 1 heterocycles. The number of anilines is 1. The maximum Gasteiger partial charge on any atom is 0.278 e. The van der Waals surface area contributed by atoms with Crippen LogP contribution in [0.1, 0.15) is 74.6 Å². The lowest BCUT2D eigenvalue weighted by Crippen LogP contribution is -2.16. The predicted molar refractivity (Wildman–Crippen MR) is 160 cm³/mol. The summed E-state index contributed by atoms with van der Waals surface area (Å²) in [6.07, 6.45) is 5.95. The highest BCUT2D eigenvalue weighted by Crippen LogP contribution is 2.31. The lowest BCUT2D eigenvalue weighted by atomic mass is 9.86. The number of hydrogen-bond acceptors (Lipinski definition) is 6. The van der Waals surface area contributed by atoms with Gasteiger partial charge in [-0.15, -0.1) is 5.10 Å². The summed E-state index contributed by atoms with van der Waals surface area (Å²) in [6.45, 7) is 8.88. The molecule has 0 saturated carbocycles. The van der Waals surface area contributed by atoms with Crippen LogP contribution < -0.4 is 19.5 Å². The van der Waals surface area contributed by atoms with Gasteiger partial charge in [0.1, 0.15) is 22.9 Å². The summed E-state index contributed by atoms with van der Waals surface area (Å²) in [5.41, 5.74) is 3.07. The van der Waals surface area contributed by atoms with E-state index in [2.05, 4.69) is 65.1 Å². The molecule has 1 amide bonds. The largest absolute Gasteiger partial charge is 0.497 e. The van der Waals surface area contributed by atoms with Gasteiger partial charge in [0.05, 0.1) is 26.5 Å². The van der Waals surface area contributed by atoms with Crippen LogP contribution in [0.25, 0.3) is 5.69 Å². The quantitative estimate of drug-likeness (QED) is 0.125. The van der Waals surface area contributed by atoms with Crippen LogP contribution in [0.15, 0.2) is 36.4 Å². The Labute approximate surface area is 239 Å². The molecule has 0 radical (unpaired) electrons. The second-order valence-electron chi connectivity index (χ2n) is 10.2. The molecular formula is C29H39IN4O4. The van der Waals surface area contributed by atoms with Crippen molar-refractivity contribution in [2.45, 2.75) is 65.2 Å². The molecule has 0 spiro atoms. The summed E-state index contributed by atoms with van der Waals surface area (Å²) in [5, 5.41) is 11.4. The van der Waals surface area contributed by atoms with Gasteiger partial charge in [0.15, 0.2) is 5.69 Å². The highest BCUT2D eigenvalue weighted by Gasteiger charge is 2.22. The highest BCUT2D eigenvalue weighted by atomic mass is 127. The molecule has 3 rings (SSSR count). The number of alkyl halides is 1. The zero-order valence-corrected chi connectivity index (χ0v) is 25.4. The Morgan fingerprint density at radius 1 is 0.974 bits per heavy atom. The van der Waals surface area contributed by atoms with E-state index in [9.17, 15) is 4.79 Å². The monoisotopic (exact) mass is 634 g/mol. The van der Waals surface area contributed by atoms with E-state index in [1.807, 2.05) is 12.1 Å². The maximum atomic E-state index is 13.3. The van der Waals surface area contributed by atoms with Gasteiger partial charge in [-0.2, -0.15) is 0 Å². The van der Waals surface area contributed by atoms with Gasteiger partial charge in [-0.3, -0.25) is 4.79 Å². The Hall–Kier alpha value is -2.82. The molecule has 0 aliphatic heterocycles. The Balaban J connectivity index is 1.78. The van der Waals surface area contributed by atoms with Gasteiger partial charge in [-0.25, -0.2) is 4.68 Å². The van der Waals surface area contributed by atoms with Crippen LogP contribution in [-0.2, 0) is 5.41 Å². The lowest BCUT2D eigenvalue weighted by molar-refractivity contribution is 0.102. The molecule has 38 heavy (non-hydrogen) atoms. The third kappa shape index (κ3) is 7.85. The molecule has 0 aliphatic rings. The topological polar surface area (TPSA) is 87.5 Å². The summed E-state index contributed by atoms with van der Waals surface area (Å²) in [6, 6.07) is 11.3. The highest BCUT2D eigenvalue weighted by molar-refractivity contribution is 14.1. The first-order chi connectivity index (χ1) is 18.2. The molecular weight excluding hydrogens is 595 g/mol.